The van der Waals surface area contributed by atoms with Crippen LogP contribution >= 0.6 is 0 Å². The molecular weight excluding hydrogens is 353 g/mol. The summed E-state index contributed by atoms with van der Waals surface area (Å²) in [5.41, 5.74) is 2.08. The highest BCUT2D eigenvalue weighted by atomic mass is 19.2. The first kappa shape index (κ1) is 20.7. The average Bonchev–Trinajstić information content (AvgIpc) is 3.42. The molecule has 0 atom stereocenters. The predicted octanol–water partition coefficient (Wildman–Crippen LogP) is 6.06. The number of benzene rings is 1. The van der Waals surface area contributed by atoms with E-state index in [2.05, 4.69) is 11.3 Å². The maximum atomic E-state index is 15.0. The second kappa shape index (κ2) is 8.89. The van der Waals surface area contributed by atoms with E-state index in [4.69, 9.17) is 0 Å². The Morgan fingerprint density at radius 2 is 1.81 bits per heavy atom. The maximum Gasteiger partial charge on any atom is 0.330 e. The third-order valence-electron chi connectivity index (χ3n) is 4.30. The maximum absolute atomic E-state index is 15.0. The summed E-state index contributed by atoms with van der Waals surface area (Å²) in [6.07, 6.45) is 4.99. The van der Waals surface area contributed by atoms with Gasteiger partial charge in [-0.05, 0) is 80.5 Å². The molecule has 1 aliphatic carbocycles. The molecule has 0 radical (unpaired) electrons. The fourth-order valence-electron chi connectivity index (χ4n) is 2.87. The van der Waals surface area contributed by atoms with Crippen molar-refractivity contribution in [2.45, 2.75) is 33.6 Å². The first-order valence-corrected chi connectivity index (χ1v) is 8.82. The van der Waals surface area contributed by atoms with Gasteiger partial charge in [-0.3, -0.25) is 0 Å². The first-order valence-electron chi connectivity index (χ1n) is 8.82. The summed E-state index contributed by atoms with van der Waals surface area (Å²) in [6.45, 7) is 8.97. The molecule has 0 saturated heterocycles. The Labute approximate surface area is 157 Å². The van der Waals surface area contributed by atoms with Gasteiger partial charge in [0.2, 0.25) is 0 Å². The molecule has 2 rings (SSSR count). The van der Waals surface area contributed by atoms with Gasteiger partial charge in [-0.1, -0.05) is 12.2 Å². The third-order valence-corrected chi connectivity index (χ3v) is 4.30. The van der Waals surface area contributed by atoms with Gasteiger partial charge in [0, 0.05) is 11.6 Å². The predicted molar refractivity (Wildman–Crippen MR) is 101 cm³/mol. The van der Waals surface area contributed by atoms with E-state index in [0.29, 0.717) is 22.3 Å². The van der Waals surface area contributed by atoms with Gasteiger partial charge in [0.05, 0.1) is 6.61 Å². The lowest BCUT2D eigenvalue weighted by molar-refractivity contribution is -0.137. The number of hydrogen-bond acceptors (Lipinski definition) is 2. The summed E-state index contributed by atoms with van der Waals surface area (Å²) >= 11 is 0. The van der Waals surface area contributed by atoms with Gasteiger partial charge in [-0.2, -0.15) is 0 Å². The fraction of sp³-hybridized carbons (Fsp3) is 0.318. The molecule has 0 N–H and O–H groups in total. The summed E-state index contributed by atoms with van der Waals surface area (Å²) in [7, 11) is 0. The number of rotatable bonds is 7. The molecule has 1 saturated carbocycles. The van der Waals surface area contributed by atoms with Crippen molar-refractivity contribution in [1.82, 2.24) is 0 Å². The first-order chi connectivity index (χ1) is 12.7. The number of carbonyl (C=O) groups excluding carboxylic acids is 1. The summed E-state index contributed by atoms with van der Waals surface area (Å²) in [5.74, 6) is -3.29. The normalized spacial score (nSPS) is 15.7. The number of ether oxygens (including phenoxy) is 1. The van der Waals surface area contributed by atoms with Crippen molar-refractivity contribution in [3.8, 4) is 0 Å². The molecule has 1 aliphatic rings. The highest BCUT2D eigenvalue weighted by Gasteiger charge is 2.25. The molecule has 2 nitrogen and oxygen atoms in total. The second-order valence-corrected chi connectivity index (χ2v) is 6.57. The van der Waals surface area contributed by atoms with Gasteiger partial charge >= 0.3 is 5.97 Å². The van der Waals surface area contributed by atoms with Crippen LogP contribution in [-0.2, 0) is 9.53 Å². The zero-order valence-corrected chi connectivity index (χ0v) is 15.7. The Balaban J connectivity index is 2.52. The van der Waals surface area contributed by atoms with E-state index in [1.165, 1.54) is 18.2 Å². The van der Waals surface area contributed by atoms with Crippen LogP contribution in [0.2, 0.25) is 0 Å². The minimum absolute atomic E-state index is 0.00657. The molecule has 0 aliphatic heterocycles. The second-order valence-electron chi connectivity index (χ2n) is 6.57. The van der Waals surface area contributed by atoms with Gasteiger partial charge in [0.15, 0.2) is 11.7 Å². The number of allylic oxidation sites excluding steroid dienone is 6. The number of halogens is 3. The SMILES string of the molecule is C=C(\C=C(/C(F)=C(F)/C=C\C(=O)OCC)c1c(C)cc(F)cc1C)C1CC1. The summed E-state index contributed by atoms with van der Waals surface area (Å²) < 4.78 is 47.7. The van der Waals surface area contributed by atoms with Crippen LogP contribution in [0, 0.1) is 25.6 Å². The number of aryl methyl sites for hydroxylation is 2. The highest BCUT2D eigenvalue weighted by molar-refractivity contribution is 5.85. The number of esters is 1. The Kier molecular flexibility index (Phi) is 6.83. The van der Waals surface area contributed by atoms with Crippen LogP contribution in [0.5, 0.6) is 0 Å². The van der Waals surface area contributed by atoms with E-state index in [1.54, 1.807) is 20.8 Å². The Morgan fingerprint density at radius 3 is 2.33 bits per heavy atom. The minimum atomic E-state index is -1.21. The van der Waals surface area contributed by atoms with Crippen LogP contribution in [0.25, 0.3) is 5.57 Å². The van der Waals surface area contributed by atoms with Crippen LogP contribution in [0.4, 0.5) is 13.2 Å². The van der Waals surface area contributed by atoms with Crippen molar-refractivity contribution in [2.24, 2.45) is 5.92 Å². The van der Waals surface area contributed by atoms with Gasteiger partial charge in [-0.25, -0.2) is 18.0 Å². The van der Waals surface area contributed by atoms with Crippen LogP contribution in [-0.4, -0.2) is 12.6 Å². The van der Waals surface area contributed by atoms with Crippen molar-refractivity contribution in [3.63, 3.8) is 0 Å². The monoisotopic (exact) mass is 376 g/mol. The molecule has 27 heavy (non-hydrogen) atoms. The molecule has 1 fully saturated rings. The molecule has 1 aromatic carbocycles. The van der Waals surface area contributed by atoms with Crippen molar-refractivity contribution in [3.05, 3.63) is 76.7 Å². The third kappa shape index (κ3) is 5.46. The molecule has 0 bridgehead atoms. The molecule has 0 unspecified atom stereocenters. The van der Waals surface area contributed by atoms with Gasteiger partial charge in [0.1, 0.15) is 5.82 Å². The molecule has 5 heteroatoms. The summed E-state index contributed by atoms with van der Waals surface area (Å²) in [6, 6.07) is 2.55. The Morgan fingerprint density at radius 1 is 1.22 bits per heavy atom. The molecule has 1 aromatic rings. The molecular formula is C22H23F3O2. The standard InChI is InChI=1S/C22H23F3O2/c1-5-27-20(26)9-8-19(24)22(25)18(12-13(2)16-6-7-16)21-14(3)10-17(23)11-15(21)4/h8-12,16H,2,5-7H2,1,3-4H3/b9-8-,18-12-,22-19+. The van der Waals surface area contributed by atoms with Crippen LogP contribution in [0.1, 0.15) is 36.5 Å². The minimum Gasteiger partial charge on any atom is -0.463 e. The topological polar surface area (TPSA) is 26.3 Å². The van der Waals surface area contributed by atoms with E-state index in [0.717, 1.165) is 25.0 Å². The van der Waals surface area contributed by atoms with Gasteiger partial charge < -0.3 is 4.74 Å². The van der Waals surface area contributed by atoms with Gasteiger partial charge in [0.25, 0.3) is 0 Å². The van der Waals surface area contributed by atoms with Crippen LogP contribution in [0.3, 0.4) is 0 Å². The molecule has 144 valence electrons. The van der Waals surface area contributed by atoms with E-state index in [1.807, 2.05) is 0 Å². The average molecular weight is 376 g/mol. The fourth-order valence-corrected chi connectivity index (χ4v) is 2.87. The molecule has 0 spiro atoms. The zero-order chi connectivity index (χ0) is 20.1. The van der Waals surface area contributed by atoms with E-state index in [9.17, 15) is 18.0 Å². The van der Waals surface area contributed by atoms with Crippen molar-refractivity contribution in [1.29, 1.82) is 0 Å². The Hall–Kier alpha value is -2.56. The lowest BCUT2D eigenvalue weighted by atomic mass is 9.92. The van der Waals surface area contributed by atoms with Crippen LogP contribution < -0.4 is 0 Å². The largest absolute Gasteiger partial charge is 0.463 e. The van der Waals surface area contributed by atoms with E-state index >= 15 is 0 Å². The summed E-state index contributed by atoms with van der Waals surface area (Å²) in [5, 5.41) is 0. The van der Waals surface area contributed by atoms with Gasteiger partial charge in [-0.15, -0.1) is 0 Å². The van der Waals surface area contributed by atoms with Crippen molar-refractivity contribution < 1.29 is 22.7 Å². The molecule has 0 heterocycles. The molecule has 0 amide bonds. The lowest BCUT2D eigenvalue weighted by Gasteiger charge is -2.14. The zero-order valence-electron chi connectivity index (χ0n) is 15.7. The van der Waals surface area contributed by atoms with E-state index < -0.39 is 23.4 Å². The van der Waals surface area contributed by atoms with Crippen molar-refractivity contribution in [2.75, 3.05) is 6.61 Å². The smallest absolute Gasteiger partial charge is 0.330 e. The summed E-state index contributed by atoms with van der Waals surface area (Å²) in [4.78, 5) is 11.3. The highest BCUT2D eigenvalue weighted by Crippen LogP contribution is 2.40. The lowest BCUT2D eigenvalue weighted by Crippen LogP contribution is -2.00. The number of hydrogen-bond donors (Lipinski definition) is 0. The van der Waals surface area contributed by atoms with Crippen LogP contribution in [0.15, 0.2) is 54.2 Å². The molecule has 0 aromatic heterocycles. The number of carbonyl (C=O) groups is 1. The van der Waals surface area contributed by atoms with Crippen molar-refractivity contribution >= 4 is 11.5 Å². The van der Waals surface area contributed by atoms with E-state index in [-0.39, 0.29) is 18.1 Å². The quantitative estimate of drug-likeness (QED) is 0.328. The Bertz CT molecular complexity index is 820.